The molecule has 10 heteroatoms. The van der Waals surface area contributed by atoms with Crippen molar-refractivity contribution in [3.05, 3.63) is 64.9 Å². The Morgan fingerprint density at radius 1 is 1.12 bits per heavy atom. The van der Waals surface area contributed by atoms with Crippen molar-refractivity contribution in [3.8, 4) is 0 Å². The highest BCUT2D eigenvalue weighted by Gasteiger charge is 2.31. The summed E-state index contributed by atoms with van der Waals surface area (Å²) in [5, 5.41) is 3.29. The molecule has 0 heterocycles. The fourth-order valence-corrected chi connectivity index (χ4v) is 4.19. The molecule has 1 N–H and O–H groups in total. The summed E-state index contributed by atoms with van der Waals surface area (Å²) in [5.74, 6) is -1.81. The molecule has 2 atom stereocenters. The Morgan fingerprint density at radius 2 is 1.79 bits per heavy atom. The highest BCUT2D eigenvalue weighted by atomic mass is 35.5. The van der Waals surface area contributed by atoms with Crippen molar-refractivity contribution in [1.82, 2.24) is 10.2 Å². The van der Waals surface area contributed by atoms with Crippen LogP contribution in [0, 0.1) is 5.82 Å². The van der Waals surface area contributed by atoms with Gasteiger partial charge in [-0.1, -0.05) is 42.8 Å². The Morgan fingerprint density at radius 3 is 2.36 bits per heavy atom. The lowest BCUT2D eigenvalue weighted by Crippen LogP contribution is -2.52. The summed E-state index contributed by atoms with van der Waals surface area (Å²) in [6.45, 7) is 4.68. The molecule has 33 heavy (non-hydrogen) atoms. The van der Waals surface area contributed by atoms with E-state index >= 15 is 0 Å². The SMILES string of the molecule is CC[C@H](C)NC(=O)[C@@H](C)N(Cc1cccc(Cl)c1)C(=O)CN(c1ccccc1F)S(C)(=O)=O. The largest absolute Gasteiger partial charge is 0.352 e. The van der Waals surface area contributed by atoms with Gasteiger partial charge in [0.1, 0.15) is 18.4 Å². The van der Waals surface area contributed by atoms with E-state index in [-0.39, 0.29) is 24.2 Å². The van der Waals surface area contributed by atoms with E-state index in [9.17, 15) is 22.4 Å². The first-order valence-corrected chi connectivity index (χ1v) is 12.7. The molecule has 0 aromatic heterocycles. The molecule has 0 unspecified atom stereocenters. The molecule has 0 aliphatic heterocycles. The van der Waals surface area contributed by atoms with Gasteiger partial charge in [-0.3, -0.25) is 13.9 Å². The summed E-state index contributed by atoms with van der Waals surface area (Å²) in [6, 6.07) is 11.1. The monoisotopic (exact) mass is 497 g/mol. The second-order valence-electron chi connectivity index (χ2n) is 7.87. The van der Waals surface area contributed by atoms with Crippen molar-refractivity contribution in [2.24, 2.45) is 0 Å². The number of amides is 2. The lowest BCUT2D eigenvalue weighted by molar-refractivity contribution is -0.139. The van der Waals surface area contributed by atoms with Gasteiger partial charge in [0.25, 0.3) is 0 Å². The molecule has 2 rings (SSSR count). The molecule has 0 spiro atoms. The molecule has 2 amide bonds. The number of nitrogens with zero attached hydrogens (tertiary/aromatic N) is 2. The third kappa shape index (κ3) is 7.43. The molecule has 2 aromatic carbocycles. The summed E-state index contributed by atoms with van der Waals surface area (Å²) in [7, 11) is -3.99. The van der Waals surface area contributed by atoms with Gasteiger partial charge in [-0.25, -0.2) is 12.8 Å². The quantitative estimate of drug-likeness (QED) is 0.543. The number of hydrogen-bond acceptors (Lipinski definition) is 4. The number of nitrogens with one attached hydrogen (secondary N) is 1. The predicted molar refractivity (Wildman–Crippen MR) is 128 cm³/mol. The van der Waals surface area contributed by atoms with Gasteiger partial charge in [0.2, 0.25) is 21.8 Å². The van der Waals surface area contributed by atoms with Crippen LogP contribution in [0.1, 0.15) is 32.8 Å². The van der Waals surface area contributed by atoms with E-state index < -0.39 is 34.3 Å². The molecule has 0 saturated carbocycles. The molecule has 0 fully saturated rings. The fraction of sp³-hybridized carbons (Fsp3) is 0.391. The molecular formula is C23H29ClFN3O4S. The molecule has 180 valence electrons. The van der Waals surface area contributed by atoms with Gasteiger partial charge in [0.15, 0.2) is 0 Å². The second-order valence-corrected chi connectivity index (χ2v) is 10.2. The van der Waals surface area contributed by atoms with E-state index in [1.165, 1.54) is 23.1 Å². The molecule has 7 nitrogen and oxygen atoms in total. The predicted octanol–water partition coefficient (Wildman–Crippen LogP) is 3.58. The second kappa shape index (κ2) is 11.5. The third-order valence-corrected chi connectivity index (χ3v) is 6.57. The van der Waals surface area contributed by atoms with Crippen molar-refractivity contribution in [1.29, 1.82) is 0 Å². The number of halogens is 2. The first-order chi connectivity index (χ1) is 15.4. The minimum atomic E-state index is -3.99. The number of para-hydroxylation sites is 1. The Kier molecular flexibility index (Phi) is 9.25. The van der Waals surface area contributed by atoms with Gasteiger partial charge in [0, 0.05) is 17.6 Å². The van der Waals surface area contributed by atoms with Crippen LogP contribution in [0.25, 0.3) is 0 Å². The summed E-state index contributed by atoms with van der Waals surface area (Å²) in [5.41, 5.74) is 0.420. The van der Waals surface area contributed by atoms with Crippen LogP contribution in [0.4, 0.5) is 10.1 Å². The minimum absolute atomic E-state index is 0.0172. The smallest absolute Gasteiger partial charge is 0.244 e. The van der Waals surface area contributed by atoms with Crippen LogP contribution in [0.5, 0.6) is 0 Å². The normalized spacial score (nSPS) is 13.2. The maximum absolute atomic E-state index is 14.4. The molecule has 2 aromatic rings. The number of benzene rings is 2. The van der Waals surface area contributed by atoms with Crippen LogP contribution in [0.3, 0.4) is 0 Å². The van der Waals surface area contributed by atoms with Gasteiger partial charge in [0.05, 0.1) is 11.9 Å². The standard InChI is InChI=1S/C23H29ClFN3O4S/c1-5-16(2)26-23(30)17(3)27(14-18-9-8-10-19(24)13-18)22(29)15-28(33(4,31)32)21-12-7-6-11-20(21)25/h6-13,16-17H,5,14-15H2,1-4H3,(H,26,30)/t16-,17+/m0/s1. The summed E-state index contributed by atoms with van der Waals surface area (Å²) < 4.78 is 39.9. The van der Waals surface area contributed by atoms with E-state index in [2.05, 4.69) is 5.32 Å². The Hall–Kier alpha value is -2.65. The van der Waals surface area contributed by atoms with Gasteiger partial charge >= 0.3 is 0 Å². The molecule has 0 saturated heterocycles. The Bertz CT molecular complexity index is 1100. The van der Waals surface area contributed by atoms with E-state index in [1.807, 2.05) is 13.8 Å². The number of carbonyl (C=O) groups is 2. The van der Waals surface area contributed by atoms with Gasteiger partial charge < -0.3 is 10.2 Å². The first kappa shape index (κ1) is 26.6. The highest BCUT2D eigenvalue weighted by molar-refractivity contribution is 7.92. The van der Waals surface area contributed by atoms with E-state index in [4.69, 9.17) is 11.6 Å². The van der Waals surface area contributed by atoms with Crippen LogP contribution in [-0.4, -0.2) is 50.0 Å². The first-order valence-electron chi connectivity index (χ1n) is 10.5. The van der Waals surface area contributed by atoms with E-state index in [0.29, 0.717) is 21.3 Å². The minimum Gasteiger partial charge on any atom is -0.352 e. The number of rotatable bonds is 10. The lowest BCUT2D eigenvalue weighted by Gasteiger charge is -2.32. The van der Waals surface area contributed by atoms with Crippen molar-refractivity contribution in [2.45, 2.75) is 45.8 Å². The van der Waals surface area contributed by atoms with Gasteiger partial charge in [-0.15, -0.1) is 0 Å². The van der Waals surface area contributed by atoms with Crippen LogP contribution in [0.2, 0.25) is 5.02 Å². The summed E-state index contributed by atoms with van der Waals surface area (Å²) in [4.78, 5) is 27.4. The maximum atomic E-state index is 14.4. The zero-order valence-corrected chi connectivity index (χ0v) is 20.7. The maximum Gasteiger partial charge on any atom is 0.244 e. The van der Waals surface area contributed by atoms with Crippen LogP contribution >= 0.6 is 11.6 Å². The van der Waals surface area contributed by atoms with Crippen molar-refractivity contribution >= 4 is 39.1 Å². The third-order valence-electron chi connectivity index (χ3n) is 5.21. The van der Waals surface area contributed by atoms with Crippen molar-refractivity contribution in [2.75, 3.05) is 17.1 Å². The molecular weight excluding hydrogens is 469 g/mol. The zero-order valence-electron chi connectivity index (χ0n) is 19.1. The summed E-state index contributed by atoms with van der Waals surface area (Å²) >= 11 is 6.07. The highest BCUT2D eigenvalue weighted by Crippen LogP contribution is 2.22. The number of carbonyl (C=O) groups excluding carboxylic acids is 2. The average Bonchev–Trinajstić information content (AvgIpc) is 2.75. The van der Waals surface area contributed by atoms with Gasteiger partial charge in [-0.05, 0) is 50.1 Å². The van der Waals surface area contributed by atoms with E-state index in [1.54, 1.807) is 31.2 Å². The van der Waals surface area contributed by atoms with Gasteiger partial charge in [-0.2, -0.15) is 0 Å². The fourth-order valence-electron chi connectivity index (χ4n) is 3.13. The number of hydrogen-bond donors (Lipinski definition) is 1. The van der Waals surface area contributed by atoms with Crippen LogP contribution in [-0.2, 0) is 26.2 Å². The summed E-state index contributed by atoms with van der Waals surface area (Å²) in [6.07, 6.45) is 1.60. The van der Waals surface area contributed by atoms with Crippen molar-refractivity contribution in [3.63, 3.8) is 0 Å². The van der Waals surface area contributed by atoms with Crippen LogP contribution < -0.4 is 9.62 Å². The molecule has 0 aliphatic rings. The Balaban J connectivity index is 2.40. The lowest BCUT2D eigenvalue weighted by atomic mass is 10.1. The molecule has 0 bridgehead atoms. The van der Waals surface area contributed by atoms with Crippen molar-refractivity contribution < 1.29 is 22.4 Å². The zero-order chi connectivity index (χ0) is 24.8. The number of anilines is 1. The van der Waals surface area contributed by atoms with Crippen LogP contribution in [0.15, 0.2) is 48.5 Å². The van der Waals surface area contributed by atoms with E-state index in [0.717, 1.165) is 12.3 Å². The topological polar surface area (TPSA) is 86.8 Å². The average molecular weight is 498 g/mol. The Labute approximate surface area is 199 Å². The molecule has 0 radical (unpaired) electrons. The molecule has 0 aliphatic carbocycles. The number of sulfonamides is 1.